The monoisotopic (exact) mass is 302 g/mol. The second-order valence-corrected chi connectivity index (χ2v) is 4.76. The van der Waals surface area contributed by atoms with Crippen molar-refractivity contribution in [3.63, 3.8) is 0 Å². The van der Waals surface area contributed by atoms with Gasteiger partial charge in [0.15, 0.2) is 0 Å². The predicted octanol–water partition coefficient (Wildman–Crippen LogP) is -2.08. The number of aliphatic carboxylic acids is 1. The van der Waals surface area contributed by atoms with Gasteiger partial charge in [-0.3, -0.25) is 14.4 Å². The minimum Gasteiger partial charge on any atom is -0.480 e. The zero-order chi connectivity index (χ0) is 16.6. The fourth-order valence-electron chi connectivity index (χ4n) is 1.52. The fourth-order valence-corrected chi connectivity index (χ4v) is 1.52. The van der Waals surface area contributed by atoms with Crippen LogP contribution in [-0.2, 0) is 19.2 Å². The number of hydrogen-bond acceptors (Lipinski definition) is 5. The number of carbonyl (C=O) groups is 4. The second kappa shape index (κ2) is 8.90. The van der Waals surface area contributed by atoms with E-state index < -0.39 is 42.3 Å². The molecule has 0 aromatic heterocycles. The molecule has 0 aliphatic carbocycles. The molecule has 0 bridgehead atoms. The van der Waals surface area contributed by atoms with E-state index in [2.05, 4.69) is 10.6 Å². The Hall–Kier alpha value is -2.16. The van der Waals surface area contributed by atoms with Crippen LogP contribution in [0, 0.1) is 5.92 Å². The molecule has 9 nitrogen and oxygen atoms in total. The van der Waals surface area contributed by atoms with Crippen LogP contribution in [0.1, 0.15) is 26.7 Å². The fraction of sp³-hybridized carbons (Fsp3) is 0.667. The van der Waals surface area contributed by atoms with E-state index in [1.165, 1.54) is 0 Å². The van der Waals surface area contributed by atoms with Gasteiger partial charge in [-0.25, -0.2) is 4.79 Å². The van der Waals surface area contributed by atoms with Gasteiger partial charge in [0, 0.05) is 0 Å². The third-order valence-electron chi connectivity index (χ3n) is 2.98. The smallest absolute Gasteiger partial charge is 0.326 e. The van der Waals surface area contributed by atoms with Crippen molar-refractivity contribution in [3.05, 3.63) is 0 Å². The lowest BCUT2D eigenvalue weighted by atomic mass is 9.99. The summed E-state index contributed by atoms with van der Waals surface area (Å²) in [5.41, 5.74) is 10.3. The molecule has 0 aromatic rings. The van der Waals surface area contributed by atoms with Gasteiger partial charge in [-0.05, 0) is 5.92 Å². The van der Waals surface area contributed by atoms with Crippen molar-refractivity contribution in [2.45, 2.75) is 38.8 Å². The minimum atomic E-state index is -1.14. The molecule has 0 aliphatic rings. The van der Waals surface area contributed by atoms with Crippen molar-refractivity contribution in [3.8, 4) is 0 Å². The number of carboxylic acid groups (broad SMARTS) is 1. The molecule has 0 fully saturated rings. The van der Waals surface area contributed by atoms with Crippen molar-refractivity contribution >= 4 is 23.7 Å². The SMILES string of the molecule is CC[C@H](C)[C@H](NC(=O)CNC(=O)[C@@H](N)CC(N)=O)C(=O)O. The van der Waals surface area contributed by atoms with Gasteiger partial charge in [0.1, 0.15) is 6.04 Å². The van der Waals surface area contributed by atoms with Gasteiger partial charge in [0.25, 0.3) is 0 Å². The van der Waals surface area contributed by atoms with E-state index in [1.807, 2.05) is 0 Å². The molecule has 0 saturated heterocycles. The third kappa shape index (κ3) is 7.25. The molecule has 120 valence electrons. The van der Waals surface area contributed by atoms with Crippen LogP contribution in [0.4, 0.5) is 0 Å². The Morgan fingerprint density at radius 3 is 2.24 bits per heavy atom. The van der Waals surface area contributed by atoms with Gasteiger partial charge in [-0.2, -0.15) is 0 Å². The van der Waals surface area contributed by atoms with Gasteiger partial charge in [0.05, 0.1) is 19.0 Å². The Balaban J connectivity index is 4.34. The first-order valence-corrected chi connectivity index (χ1v) is 6.52. The Kier molecular flexibility index (Phi) is 7.99. The van der Waals surface area contributed by atoms with Gasteiger partial charge in [-0.1, -0.05) is 20.3 Å². The molecular weight excluding hydrogens is 280 g/mol. The highest BCUT2D eigenvalue weighted by Gasteiger charge is 2.25. The number of primary amides is 1. The zero-order valence-electron chi connectivity index (χ0n) is 12.1. The first kappa shape index (κ1) is 18.8. The normalized spacial score (nSPS) is 14.6. The molecule has 0 radical (unpaired) electrons. The lowest BCUT2D eigenvalue weighted by molar-refractivity contribution is -0.143. The number of carboxylic acids is 1. The van der Waals surface area contributed by atoms with Crippen LogP contribution in [0.5, 0.6) is 0 Å². The highest BCUT2D eigenvalue weighted by molar-refractivity contribution is 5.91. The van der Waals surface area contributed by atoms with Crippen LogP contribution in [0.2, 0.25) is 0 Å². The van der Waals surface area contributed by atoms with E-state index >= 15 is 0 Å². The maximum absolute atomic E-state index is 11.6. The molecule has 0 saturated carbocycles. The van der Waals surface area contributed by atoms with E-state index in [0.717, 1.165) is 0 Å². The van der Waals surface area contributed by atoms with Crippen molar-refractivity contribution in [1.29, 1.82) is 0 Å². The van der Waals surface area contributed by atoms with Crippen LogP contribution in [0.25, 0.3) is 0 Å². The number of amides is 3. The first-order valence-electron chi connectivity index (χ1n) is 6.52. The lowest BCUT2D eigenvalue weighted by Crippen LogP contribution is -2.50. The molecule has 3 amide bonds. The van der Waals surface area contributed by atoms with Crippen LogP contribution < -0.4 is 22.1 Å². The van der Waals surface area contributed by atoms with Crippen LogP contribution >= 0.6 is 0 Å². The first-order chi connectivity index (χ1) is 9.68. The Bertz CT molecular complexity index is 412. The largest absolute Gasteiger partial charge is 0.480 e. The number of hydrogen-bond donors (Lipinski definition) is 5. The maximum atomic E-state index is 11.6. The Morgan fingerprint density at radius 2 is 1.81 bits per heavy atom. The lowest BCUT2D eigenvalue weighted by Gasteiger charge is -2.20. The molecule has 9 heteroatoms. The molecule has 0 aromatic carbocycles. The van der Waals surface area contributed by atoms with Gasteiger partial charge in [-0.15, -0.1) is 0 Å². The molecular formula is C12H22N4O5. The van der Waals surface area contributed by atoms with Crippen LogP contribution in [-0.4, -0.2) is 47.4 Å². The molecule has 0 spiro atoms. The number of rotatable bonds is 9. The van der Waals surface area contributed by atoms with Crippen molar-refractivity contribution in [2.24, 2.45) is 17.4 Å². The molecule has 0 rings (SSSR count). The van der Waals surface area contributed by atoms with Gasteiger partial charge < -0.3 is 27.2 Å². The molecule has 0 aliphatic heterocycles. The summed E-state index contributed by atoms with van der Waals surface area (Å²) in [6, 6.07) is -2.17. The van der Waals surface area contributed by atoms with Gasteiger partial charge >= 0.3 is 5.97 Å². The third-order valence-corrected chi connectivity index (χ3v) is 2.98. The maximum Gasteiger partial charge on any atom is 0.326 e. The number of nitrogens with one attached hydrogen (secondary N) is 2. The van der Waals surface area contributed by atoms with E-state index in [0.29, 0.717) is 6.42 Å². The van der Waals surface area contributed by atoms with Crippen molar-refractivity contribution < 1.29 is 24.3 Å². The minimum absolute atomic E-state index is 0.251. The highest BCUT2D eigenvalue weighted by atomic mass is 16.4. The standard InChI is InChI=1S/C12H22N4O5/c1-3-6(2)10(12(20)21)16-9(18)5-15-11(19)7(13)4-8(14)17/h6-7,10H,3-5,13H2,1-2H3,(H2,14,17)(H,15,19)(H,16,18)(H,20,21)/t6-,7-,10-/m0/s1. The molecule has 21 heavy (non-hydrogen) atoms. The Morgan fingerprint density at radius 1 is 1.24 bits per heavy atom. The molecule has 0 heterocycles. The summed E-state index contributed by atoms with van der Waals surface area (Å²) in [4.78, 5) is 44.7. The quantitative estimate of drug-likeness (QED) is 0.328. The number of carbonyl (C=O) groups excluding carboxylic acids is 3. The summed E-state index contributed by atoms with van der Waals surface area (Å²) in [5, 5.41) is 13.5. The average molecular weight is 302 g/mol. The predicted molar refractivity (Wildman–Crippen MR) is 73.8 cm³/mol. The summed E-state index contributed by atoms with van der Waals surface area (Å²) < 4.78 is 0. The molecule has 0 unspecified atom stereocenters. The summed E-state index contributed by atoms with van der Waals surface area (Å²) in [6.07, 6.45) is 0.241. The van der Waals surface area contributed by atoms with E-state index in [-0.39, 0.29) is 12.3 Å². The van der Waals surface area contributed by atoms with Gasteiger partial charge in [0.2, 0.25) is 17.7 Å². The average Bonchev–Trinajstić information content (AvgIpc) is 2.39. The van der Waals surface area contributed by atoms with Crippen molar-refractivity contribution in [1.82, 2.24) is 10.6 Å². The van der Waals surface area contributed by atoms with Crippen molar-refractivity contribution in [2.75, 3.05) is 6.54 Å². The van der Waals surface area contributed by atoms with E-state index in [9.17, 15) is 19.2 Å². The summed E-state index contributed by atoms with van der Waals surface area (Å²) in [6.45, 7) is 3.07. The van der Waals surface area contributed by atoms with Crippen LogP contribution in [0.15, 0.2) is 0 Å². The molecule has 3 atom stereocenters. The second-order valence-electron chi connectivity index (χ2n) is 4.76. The zero-order valence-corrected chi connectivity index (χ0v) is 12.1. The Labute approximate surface area is 122 Å². The summed E-state index contributed by atoms with van der Waals surface area (Å²) in [7, 11) is 0. The topological polar surface area (TPSA) is 165 Å². The van der Waals surface area contributed by atoms with E-state index in [4.69, 9.17) is 16.6 Å². The van der Waals surface area contributed by atoms with Crippen LogP contribution in [0.3, 0.4) is 0 Å². The summed E-state index contributed by atoms with van der Waals surface area (Å²) in [5.74, 6) is -3.49. The van der Waals surface area contributed by atoms with E-state index in [1.54, 1.807) is 13.8 Å². The molecule has 7 N–H and O–H groups in total. The number of nitrogens with two attached hydrogens (primary N) is 2. The summed E-state index contributed by atoms with van der Waals surface area (Å²) >= 11 is 0. The highest BCUT2D eigenvalue weighted by Crippen LogP contribution is 2.07.